The minimum absolute atomic E-state index is 0.0321. The van der Waals surface area contributed by atoms with E-state index in [1.165, 1.54) is 0 Å². The SMILES string of the molecule is CCn1nnc2cnc(N3CC(C)(C)c4c3ncnc4N3C[C@@H](C)N(C(=O)[C@@]4(CF)CCS4(=O)=O)C[C@@H]3C)cc21. The zero-order chi connectivity index (χ0) is 28.6. The monoisotopic (exact) mass is 571 g/mol. The summed E-state index contributed by atoms with van der Waals surface area (Å²) < 4.78 is 38.8. The molecule has 3 aliphatic rings. The summed E-state index contributed by atoms with van der Waals surface area (Å²) in [5.74, 6) is 1.53. The molecule has 3 aliphatic heterocycles. The second-order valence-electron chi connectivity index (χ2n) is 11.8. The summed E-state index contributed by atoms with van der Waals surface area (Å²) in [6, 6.07) is 1.47. The van der Waals surface area contributed by atoms with Crippen LogP contribution in [-0.2, 0) is 26.6 Å². The Morgan fingerprint density at radius 2 is 1.88 bits per heavy atom. The van der Waals surface area contributed by atoms with Crippen LogP contribution in [0.5, 0.6) is 0 Å². The van der Waals surface area contributed by atoms with Crippen LogP contribution in [0.4, 0.5) is 21.8 Å². The van der Waals surface area contributed by atoms with Gasteiger partial charge in [-0.25, -0.2) is 32.4 Å². The van der Waals surface area contributed by atoms with Crippen LogP contribution in [0.1, 0.15) is 46.6 Å². The number of amides is 1. The van der Waals surface area contributed by atoms with Gasteiger partial charge < -0.3 is 14.7 Å². The van der Waals surface area contributed by atoms with Crippen molar-refractivity contribution in [1.82, 2.24) is 34.8 Å². The molecule has 0 N–H and O–H groups in total. The highest BCUT2D eigenvalue weighted by molar-refractivity contribution is 7.95. The average Bonchev–Trinajstić information content (AvgIpc) is 3.46. The molecule has 3 aromatic rings. The number of anilines is 3. The average molecular weight is 572 g/mol. The molecule has 0 bridgehead atoms. The smallest absolute Gasteiger partial charge is 0.247 e. The maximum absolute atomic E-state index is 14.0. The first-order valence-electron chi connectivity index (χ1n) is 13.6. The van der Waals surface area contributed by atoms with Crippen LogP contribution in [0.25, 0.3) is 11.0 Å². The molecule has 0 unspecified atom stereocenters. The number of carbonyl (C=O) groups is 1. The van der Waals surface area contributed by atoms with Gasteiger partial charge in [0.05, 0.1) is 17.5 Å². The maximum atomic E-state index is 14.0. The number of rotatable bonds is 5. The van der Waals surface area contributed by atoms with Gasteiger partial charge in [0.15, 0.2) is 14.6 Å². The third-order valence-electron chi connectivity index (χ3n) is 8.75. The Labute approximate surface area is 232 Å². The van der Waals surface area contributed by atoms with E-state index in [0.29, 0.717) is 19.6 Å². The van der Waals surface area contributed by atoms with Crippen molar-refractivity contribution in [2.75, 3.05) is 41.9 Å². The second kappa shape index (κ2) is 9.05. The molecule has 0 aromatic carbocycles. The van der Waals surface area contributed by atoms with Crippen LogP contribution in [-0.4, -0.2) is 98.1 Å². The first-order valence-corrected chi connectivity index (χ1v) is 15.3. The molecule has 2 saturated heterocycles. The Kier molecular flexibility index (Phi) is 6.06. The fraction of sp³-hybridized carbons (Fsp3) is 0.615. The van der Waals surface area contributed by atoms with Gasteiger partial charge in [0.25, 0.3) is 0 Å². The largest absolute Gasteiger partial charge is 0.350 e. The number of halogens is 1. The van der Waals surface area contributed by atoms with Crippen molar-refractivity contribution in [3.05, 3.63) is 24.2 Å². The fourth-order valence-corrected chi connectivity index (χ4v) is 7.88. The van der Waals surface area contributed by atoms with E-state index in [0.717, 1.165) is 34.1 Å². The summed E-state index contributed by atoms with van der Waals surface area (Å²) in [4.78, 5) is 33.3. The van der Waals surface area contributed by atoms with Crippen LogP contribution in [0, 0.1) is 0 Å². The molecule has 2 fully saturated rings. The van der Waals surface area contributed by atoms with Crippen molar-refractivity contribution in [3.8, 4) is 0 Å². The van der Waals surface area contributed by atoms with Crippen LogP contribution in [0.3, 0.4) is 0 Å². The fourth-order valence-electron chi connectivity index (χ4n) is 6.30. The lowest BCUT2D eigenvalue weighted by Gasteiger charge is -2.49. The van der Waals surface area contributed by atoms with E-state index in [4.69, 9.17) is 4.98 Å². The maximum Gasteiger partial charge on any atom is 0.247 e. The Hall–Kier alpha value is -3.42. The van der Waals surface area contributed by atoms with E-state index in [-0.39, 0.29) is 36.2 Å². The number of alkyl halides is 1. The topological polar surface area (TPSA) is 130 Å². The standard InChI is InChI=1S/C26H34FN9O3S/c1-6-36-19-9-20(28-10-18(19)31-32-36)35-14-25(4,5)21-22(29-15-30-23(21)35)33-11-17(3)34(12-16(33)2)24(37)26(13-27)7-8-40(26,38)39/h9-10,15-17H,6-8,11-14H2,1-5H3/t16-,17+,26-/m0/s1. The zero-order valence-electron chi connectivity index (χ0n) is 23.4. The molecule has 40 heavy (non-hydrogen) atoms. The van der Waals surface area contributed by atoms with Gasteiger partial charge in [0, 0.05) is 55.3 Å². The number of nitrogens with zero attached hydrogens (tertiary/aromatic N) is 9. The predicted molar refractivity (Wildman–Crippen MR) is 148 cm³/mol. The van der Waals surface area contributed by atoms with Crippen LogP contribution < -0.4 is 9.80 Å². The number of carbonyl (C=O) groups excluding carboxylic acids is 1. The molecule has 0 radical (unpaired) electrons. The summed E-state index contributed by atoms with van der Waals surface area (Å²) >= 11 is 0. The number of sulfone groups is 1. The molecule has 12 nitrogen and oxygen atoms in total. The molecule has 6 heterocycles. The van der Waals surface area contributed by atoms with Gasteiger partial charge in [-0.1, -0.05) is 19.1 Å². The highest BCUT2D eigenvalue weighted by atomic mass is 32.2. The molecule has 1 amide bonds. The molecule has 0 spiro atoms. The quantitative estimate of drug-likeness (QED) is 0.448. The van der Waals surface area contributed by atoms with Crippen LogP contribution in [0.2, 0.25) is 0 Å². The second-order valence-corrected chi connectivity index (χ2v) is 14.2. The van der Waals surface area contributed by atoms with Gasteiger partial charge in [0.1, 0.15) is 36.0 Å². The zero-order valence-corrected chi connectivity index (χ0v) is 24.2. The number of pyridine rings is 1. The van der Waals surface area contributed by atoms with Crippen molar-refractivity contribution in [2.24, 2.45) is 0 Å². The van der Waals surface area contributed by atoms with Crippen LogP contribution in [0.15, 0.2) is 18.6 Å². The van der Waals surface area contributed by atoms with E-state index < -0.39 is 27.2 Å². The lowest BCUT2D eigenvalue weighted by molar-refractivity contribution is -0.138. The number of hydrogen-bond donors (Lipinski definition) is 0. The van der Waals surface area contributed by atoms with Gasteiger partial charge in [-0.05, 0) is 27.2 Å². The lowest BCUT2D eigenvalue weighted by atomic mass is 9.87. The molecule has 3 aromatic heterocycles. The van der Waals surface area contributed by atoms with Gasteiger partial charge in [0.2, 0.25) is 5.91 Å². The Bertz CT molecular complexity index is 1610. The molecule has 0 saturated carbocycles. The van der Waals surface area contributed by atoms with Crippen molar-refractivity contribution >= 4 is 44.2 Å². The van der Waals surface area contributed by atoms with Crippen molar-refractivity contribution in [1.29, 1.82) is 0 Å². The molecule has 0 aliphatic carbocycles. The van der Waals surface area contributed by atoms with E-state index in [1.807, 2.05) is 31.5 Å². The van der Waals surface area contributed by atoms with E-state index in [1.54, 1.807) is 17.4 Å². The van der Waals surface area contributed by atoms with Crippen molar-refractivity contribution < 1.29 is 17.6 Å². The summed E-state index contributed by atoms with van der Waals surface area (Å²) in [6.45, 7) is 11.0. The highest BCUT2D eigenvalue weighted by Crippen LogP contribution is 2.47. The third-order valence-corrected chi connectivity index (χ3v) is 11.2. The minimum Gasteiger partial charge on any atom is -0.350 e. The molecule has 6 rings (SSSR count). The Morgan fingerprint density at radius 3 is 2.52 bits per heavy atom. The van der Waals surface area contributed by atoms with Gasteiger partial charge in [-0.15, -0.1) is 5.10 Å². The number of fused-ring (bicyclic) bond motifs is 2. The van der Waals surface area contributed by atoms with Gasteiger partial charge in [-0.3, -0.25) is 4.79 Å². The molecular weight excluding hydrogens is 537 g/mol. The van der Waals surface area contributed by atoms with Gasteiger partial charge >= 0.3 is 0 Å². The first-order chi connectivity index (χ1) is 18.9. The summed E-state index contributed by atoms with van der Waals surface area (Å²) in [6.07, 6.45) is 3.31. The van der Waals surface area contributed by atoms with Crippen molar-refractivity contribution in [3.63, 3.8) is 0 Å². The van der Waals surface area contributed by atoms with Crippen LogP contribution >= 0.6 is 0 Å². The number of aromatic nitrogens is 6. The number of hydrogen-bond acceptors (Lipinski definition) is 10. The van der Waals surface area contributed by atoms with E-state index in [2.05, 4.69) is 43.9 Å². The molecule has 214 valence electrons. The molecule has 14 heteroatoms. The summed E-state index contributed by atoms with van der Waals surface area (Å²) in [7, 11) is -3.78. The Balaban J connectivity index is 1.33. The molecular formula is C26H34FN9O3S. The Morgan fingerprint density at radius 1 is 1.12 bits per heavy atom. The summed E-state index contributed by atoms with van der Waals surface area (Å²) in [5.41, 5.74) is 2.29. The first kappa shape index (κ1) is 26.8. The lowest BCUT2D eigenvalue weighted by Crippen LogP contribution is -2.68. The molecule has 3 atom stereocenters. The third kappa shape index (κ3) is 3.71. The normalized spacial score (nSPS) is 27.1. The van der Waals surface area contributed by atoms with E-state index in [9.17, 15) is 17.6 Å². The van der Waals surface area contributed by atoms with Crippen molar-refractivity contribution in [2.45, 2.75) is 69.8 Å². The van der Waals surface area contributed by atoms with Gasteiger partial charge in [-0.2, -0.15) is 0 Å². The van der Waals surface area contributed by atoms with E-state index >= 15 is 0 Å². The minimum atomic E-state index is -3.78. The predicted octanol–water partition coefficient (Wildman–Crippen LogP) is 2.02. The number of piperazine rings is 1. The highest BCUT2D eigenvalue weighted by Gasteiger charge is 2.60. The summed E-state index contributed by atoms with van der Waals surface area (Å²) in [5, 5.41) is 8.39. The number of aryl methyl sites for hydroxylation is 1.